The molecular weight excluding hydrogens is 332 g/mol. The van der Waals surface area contributed by atoms with Crippen LogP contribution in [0.5, 0.6) is 0 Å². The maximum Gasteiger partial charge on any atom is 0.325 e. The van der Waals surface area contributed by atoms with Crippen LogP contribution < -0.4 is 0 Å². The summed E-state index contributed by atoms with van der Waals surface area (Å²) < 4.78 is 5.55. The van der Waals surface area contributed by atoms with Crippen LogP contribution in [-0.4, -0.2) is 27.4 Å². The Kier molecular flexibility index (Phi) is 4.78. The Morgan fingerprint density at radius 2 is 1.73 bits per heavy atom. The van der Waals surface area contributed by atoms with Crippen molar-refractivity contribution in [1.29, 1.82) is 0 Å². The molecule has 0 N–H and O–H groups in total. The van der Waals surface area contributed by atoms with E-state index in [-0.39, 0.29) is 23.7 Å². The summed E-state index contributed by atoms with van der Waals surface area (Å²) in [5.74, 6) is -0.267. The fraction of sp³-hybridized carbons (Fsp3) is 0.350. The Balaban J connectivity index is 1.82. The summed E-state index contributed by atoms with van der Waals surface area (Å²) >= 11 is 0. The quantitative estimate of drug-likeness (QED) is 0.353. The number of rotatable bonds is 5. The Morgan fingerprint density at radius 1 is 1.12 bits per heavy atom. The van der Waals surface area contributed by atoms with Gasteiger partial charge in [-0.3, -0.25) is 19.8 Å². The monoisotopic (exact) mass is 354 g/mol. The molecular formula is C20H22N2O4. The van der Waals surface area contributed by atoms with Crippen molar-refractivity contribution >= 4 is 11.7 Å². The van der Waals surface area contributed by atoms with Crippen molar-refractivity contribution in [3.8, 4) is 0 Å². The van der Waals surface area contributed by atoms with Crippen molar-refractivity contribution in [2.75, 3.05) is 0 Å². The molecule has 3 rings (SSSR count). The number of nitro benzene ring substituents is 1. The molecule has 0 saturated carbocycles. The van der Waals surface area contributed by atoms with E-state index in [1.165, 1.54) is 12.1 Å². The molecule has 2 unspecified atom stereocenters. The number of nitro groups is 1. The fourth-order valence-electron chi connectivity index (χ4n) is 3.06. The molecule has 0 aromatic heterocycles. The molecule has 136 valence electrons. The highest BCUT2D eigenvalue weighted by atomic mass is 16.6. The molecule has 0 amide bonds. The van der Waals surface area contributed by atoms with E-state index in [9.17, 15) is 14.9 Å². The molecule has 1 aliphatic heterocycles. The van der Waals surface area contributed by atoms with Crippen LogP contribution in [0.2, 0.25) is 0 Å². The number of ether oxygens (including phenoxy) is 1. The molecule has 6 nitrogen and oxygen atoms in total. The molecule has 1 heterocycles. The Hall–Kier alpha value is -2.73. The third-order valence-electron chi connectivity index (χ3n) is 4.23. The maximum absolute atomic E-state index is 12.6. The Morgan fingerprint density at radius 3 is 2.27 bits per heavy atom. The van der Waals surface area contributed by atoms with Crippen LogP contribution in [0.3, 0.4) is 0 Å². The first-order valence-corrected chi connectivity index (χ1v) is 8.53. The van der Waals surface area contributed by atoms with Gasteiger partial charge in [0, 0.05) is 18.7 Å². The average molecular weight is 354 g/mol. The minimum absolute atomic E-state index is 0.0397. The summed E-state index contributed by atoms with van der Waals surface area (Å²) in [6, 6.07) is 15.8. The summed E-state index contributed by atoms with van der Waals surface area (Å²) in [7, 11) is 0. The summed E-state index contributed by atoms with van der Waals surface area (Å²) in [5.41, 5.74) is 1.46. The minimum atomic E-state index is -0.557. The van der Waals surface area contributed by atoms with Gasteiger partial charge in [0.05, 0.1) is 11.0 Å². The van der Waals surface area contributed by atoms with E-state index in [1.54, 1.807) is 12.1 Å². The molecule has 2 aromatic carbocycles. The first kappa shape index (κ1) is 18.1. The highest BCUT2D eigenvalue weighted by Gasteiger charge is 2.54. The molecule has 0 spiro atoms. The molecule has 0 radical (unpaired) electrons. The lowest BCUT2D eigenvalue weighted by molar-refractivity contribution is -0.384. The van der Waals surface area contributed by atoms with Crippen LogP contribution in [0.25, 0.3) is 0 Å². The Labute approximate surface area is 152 Å². The number of esters is 1. The van der Waals surface area contributed by atoms with Crippen LogP contribution in [-0.2, 0) is 16.1 Å². The van der Waals surface area contributed by atoms with Crippen LogP contribution in [0.1, 0.15) is 37.9 Å². The van der Waals surface area contributed by atoms with E-state index in [0.29, 0.717) is 6.54 Å². The van der Waals surface area contributed by atoms with Gasteiger partial charge in [-0.05, 0) is 31.9 Å². The van der Waals surface area contributed by atoms with E-state index in [2.05, 4.69) is 0 Å². The second-order valence-corrected chi connectivity index (χ2v) is 7.43. The van der Waals surface area contributed by atoms with Gasteiger partial charge in [-0.1, -0.05) is 42.5 Å². The van der Waals surface area contributed by atoms with Crippen LogP contribution in [0, 0.1) is 10.1 Å². The van der Waals surface area contributed by atoms with Gasteiger partial charge in [-0.25, -0.2) is 0 Å². The number of benzene rings is 2. The zero-order valence-corrected chi connectivity index (χ0v) is 15.1. The van der Waals surface area contributed by atoms with E-state index < -0.39 is 10.5 Å². The Bertz CT molecular complexity index is 797. The molecule has 0 aliphatic carbocycles. The van der Waals surface area contributed by atoms with Gasteiger partial charge in [-0.2, -0.15) is 0 Å². The van der Waals surface area contributed by atoms with Crippen molar-refractivity contribution in [3.05, 3.63) is 75.8 Å². The summed E-state index contributed by atoms with van der Waals surface area (Å²) in [4.78, 5) is 25.1. The SMILES string of the molecule is CC(C)(C)OC(=O)[C@H]1C(c2ccc([N+](=O)[O-])cc2)N1Cc1ccccc1. The van der Waals surface area contributed by atoms with E-state index in [0.717, 1.165) is 11.1 Å². The first-order valence-electron chi connectivity index (χ1n) is 8.53. The van der Waals surface area contributed by atoms with E-state index in [1.807, 2.05) is 56.0 Å². The van der Waals surface area contributed by atoms with Gasteiger partial charge in [0.15, 0.2) is 0 Å². The van der Waals surface area contributed by atoms with E-state index in [4.69, 9.17) is 4.74 Å². The lowest BCUT2D eigenvalue weighted by Crippen LogP contribution is -2.28. The van der Waals surface area contributed by atoms with Crippen molar-refractivity contribution in [2.24, 2.45) is 0 Å². The van der Waals surface area contributed by atoms with Crippen molar-refractivity contribution in [3.63, 3.8) is 0 Å². The van der Waals surface area contributed by atoms with E-state index >= 15 is 0 Å². The summed E-state index contributed by atoms with van der Waals surface area (Å²) in [6.07, 6.45) is 0. The van der Waals surface area contributed by atoms with Gasteiger partial charge in [0.25, 0.3) is 5.69 Å². The minimum Gasteiger partial charge on any atom is -0.459 e. The number of hydrogen-bond donors (Lipinski definition) is 0. The van der Waals surface area contributed by atoms with Crippen LogP contribution in [0.15, 0.2) is 54.6 Å². The van der Waals surface area contributed by atoms with Gasteiger partial charge >= 0.3 is 5.97 Å². The zero-order valence-electron chi connectivity index (χ0n) is 15.1. The fourth-order valence-corrected chi connectivity index (χ4v) is 3.06. The van der Waals surface area contributed by atoms with Gasteiger partial charge < -0.3 is 4.74 Å². The molecule has 1 fully saturated rings. The molecule has 1 saturated heterocycles. The summed E-state index contributed by atoms with van der Waals surface area (Å²) in [5, 5.41) is 10.9. The molecule has 0 bridgehead atoms. The van der Waals surface area contributed by atoms with Crippen LogP contribution in [0.4, 0.5) is 5.69 Å². The largest absolute Gasteiger partial charge is 0.459 e. The number of carbonyl (C=O) groups excluding carboxylic acids is 1. The molecule has 6 heteroatoms. The molecule has 2 aromatic rings. The molecule has 3 atom stereocenters. The normalized spacial score (nSPS) is 21.9. The smallest absolute Gasteiger partial charge is 0.325 e. The van der Waals surface area contributed by atoms with Crippen molar-refractivity contribution in [2.45, 2.75) is 45.0 Å². The lowest BCUT2D eigenvalue weighted by Gasteiger charge is -2.19. The van der Waals surface area contributed by atoms with Gasteiger partial charge in [-0.15, -0.1) is 0 Å². The molecule has 26 heavy (non-hydrogen) atoms. The molecule has 1 aliphatic rings. The second-order valence-electron chi connectivity index (χ2n) is 7.43. The predicted octanol–water partition coefficient (Wildman–Crippen LogP) is 3.86. The van der Waals surface area contributed by atoms with Gasteiger partial charge in [0.2, 0.25) is 0 Å². The topological polar surface area (TPSA) is 72.5 Å². The third kappa shape index (κ3) is 4.08. The van der Waals surface area contributed by atoms with Crippen molar-refractivity contribution < 1.29 is 14.5 Å². The maximum atomic E-state index is 12.6. The highest BCUT2D eigenvalue weighted by Crippen LogP contribution is 2.45. The number of non-ortho nitro benzene ring substituents is 1. The number of hydrogen-bond acceptors (Lipinski definition) is 5. The number of nitrogens with zero attached hydrogens (tertiary/aromatic N) is 2. The van der Waals surface area contributed by atoms with Gasteiger partial charge in [0.1, 0.15) is 11.6 Å². The third-order valence-corrected chi connectivity index (χ3v) is 4.23. The average Bonchev–Trinajstić information content (AvgIpc) is 3.28. The lowest BCUT2D eigenvalue weighted by atomic mass is 10.1. The first-order chi connectivity index (χ1) is 12.3. The van der Waals surface area contributed by atoms with Crippen molar-refractivity contribution in [1.82, 2.24) is 4.90 Å². The highest BCUT2D eigenvalue weighted by molar-refractivity contribution is 5.81. The predicted molar refractivity (Wildman–Crippen MR) is 97.5 cm³/mol. The van der Waals surface area contributed by atoms with Crippen LogP contribution >= 0.6 is 0 Å². The zero-order chi connectivity index (χ0) is 18.9. The second kappa shape index (κ2) is 6.88. The number of carbonyl (C=O) groups is 1. The standard InChI is InChI=1S/C20H22N2O4/c1-20(2,3)26-19(23)18-17(15-9-11-16(12-10-15)22(24)25)21(18)13-14-7-5-4-6-8-14/h4-12,17-18H,13H2,1-3H3/t17?,18-,21?/m1/s1. The summed E-state index contributed by atoms with van der Waals surface area (Å²) in [6.45, 7) is 6.15.